The first-order chi connectivity index (χ1) is 6.97. The van der Waals surface area contributed by atoms with E-state index >= 15 is 0 Å². The van der Waals surface area contributed by atoms with Crippen molar-refractivity contribution >= 4 is 32.6 Å². The number of halogens is 1. The standard InChI is InChI=1S/C10H16BrN3S/c1-10(2,3)8-12-9(15-13-8)14-5-4-7(11)6-14/h7H,4-6H2,1-3H3. The van der Waals surface area contributed by atoms with E-state index in [-0.39, 0.29) is 5.41 Å². The first-order valence-electron chi connectivity index (χ1n) is 5.20. The third kappa shape index (κ3) is 2.50. The molecule has 0 radical (unpaired) electrons. The Morgan fingerprint density at radius 1 is 1.47 bits per heavy atom. The van der Waals surface area contributed by atoms with Crippen molar-refractivity contribution in [3.63, 3.8) is 0 Å². The van der Waals surface area contributed by atoms with Gasteiger partial charge in [0.25, 0.3) is 0 Å². The molecule has 1 fully saturated rings. The van der Waals surface area contributed by atoms with Gasteiger partial charge in [-0.1, -0.05) is 36.7 Å². The van der Waals surface area contributed by atoms with Crippen LogP contribution in [0.5, 0.6) is 0 Å². The van der Waals surface area contributed by atoms with Gasteiger partial charge < -0.3 is 4.90 Å². The van der Waals surface area contributed by atoms with Gasteiger partial charge in [-0.05, 0) is 6.42 Å². The highest BCUT2D eigenvalue weighted by molar-refractivity contribution is 9.09. The zero-order chi connectivity index (χ0) is 11.1. The number of alkyl halides is 1. The molecule has 0 aliphatic carbocycles. The maximum Gasteiger partial charge on any atom is 0.205 e. The second kappa shape index (κ2) is 4.01. The lowest BCUT2D eigenvalue weighted by atomic mass is 9.96. The highest BCUT2D eigenvalue weighted by atomic mass is 79.9. The summed E-state index contributed by atoms with van der Waals surface area (Å²) < 4.78 is 4.43. The van der Waals surface area contributed by atoms with Crippen molar-refractivity contribution < 1.29 is 0 Å². The quantitative estimate of drug-likeness (QED) is 0.745. The Balaban J connectivity index is 2.14. The predicted octanol–water partition coefficient (Wildman–Crippen LogP) is 2.81. The van der Waals surface area contributed by atoms with Crippen LogP contribution in [0.2, 0.25) is 0 Å². The molecule has 0 saturated carbocycles. The van der Waals surface area contributed by atoms with Gasteiger partial charge in [0.2, 0.25) is 5.13 Å². The molecule has 3 nitrogen and oxygen atoms in total. The fraction of sp³-hybridized carbons (Fsp3) is 0.800. The molecule has 1 unspecified atom stereocenters. The molecule has 0 bridgehead atoms. The lowest BCUT2D eigenvalue weighted by molar-refractivity contribution is 0.554. The van der Waals surface area contributed by atoms with Crippen molar-refractivity contribution in [1.82, 2.24) is 9.36 Å². The van der Waals surface area contributed by atoms with Crippen LogP contribution in [0.1, 0.15) is 33.0 Å². The van der Waals surface area contributed by atoms with E-state index in [1.807, 2.05) is 0 Å². The second-order valence-corrected chi connectivity index (χ2v) is 7.01. The summed E-state index contributed by atoms with van der Waals surface area (Å²) in [5.74, 6) is 0.959. The minimum absolute atomic E-state index is 0.0578. The molecule has 0 amide bonds. The Bertz CT molecular complexity index is 345. The van der Waals surface area contributed by atoms with Crippen molar-refractivity contribution in [3.8, 4) is 0 Å². The third-order valence-electron chi connectivity index (χ3n) is 2.49. The Morgan fingerprint density at radius 3 is 2.67 bits per heavy atom. The molecule has 0 aromatic carbocycles. The first kappa shape index (κ1) is 11.3. The van der Waals surface area contributed by atoms with E-state index in [1.54, 1.807) is 0 Å². The van der Waals surface area contributed by atoms with Crippen LogP contribution in [0, 0.1) is 0 Å². The molecule has 1 aliphatic heterocycles. The van der Waals surface area contributed by atoms with Crippen molar-refractivity contribution in [1.29, 1.82) is 0 Å². The van der Waals surface area contributed by atoms with Crippen molar-refractivity contribution in [2.24, 2.45) is 0 Å². The molecular weight excluding hydrogens is 274 g/mol. The van der Waals surface area contributed by atoms with Crippen LogP contribution in [0.3, 0.4) is 0 Å². The van der Waals surface area contributed by atoms with Crippen LogP contribution in [0.4, 0.5) is 5.13 Å². The molecule has 84 valence electrons. The molecule has 1 aliphatic rings. The van der Waals surface area contributed by atoms with E-state index in [1.165, 1.54) is 18.0 Å². The van der Waals surface area contributed by atoms with Gasteiger partial charge in [-0.15, -0.1) is 0 Å². The first-order valence-corrected chi connectivity index (χ1v) is 6.89. The number of aromatic nitrogens is 2. The van der Waals surface area contributed by atoms with Crippen LogP contribution in [-0.4, -0.2) is 27.3 Å². The van der Waals surface area contributed by atoms with Gasteiger partial charge in [0.1, 0.15) is 5.82 Å². The van der Waals surface area contributed by atoms with Crippen molar-refractivity contribution in [2.45, 2.75) is 37.4 Å². The lowest BCUT2D eigenvalue weighted by Gasteiger charge is -2.14. The molecule has 15 heavy (non-hydrogen) atoms. The zero-order valence-corrected chi connectivity index (χ0v) is 11.7. The number of hydrogen-bond donors (Lipinski definition) is 0. The van der Waals surface area contributed by atoms with Crippen LogP contribution in [0.15, 0.2) is 0 Å². The van der Waals surface area contributed by atoms with Crippen LogP contribution >= 0.6 is 27.5 Å². The molecule has 1 saturated heterocycles. The fourth-order valence-electron chi connectivity index (χ4n) is 1.54. The van der Waals surface area contributed by atoms with Crippen molar-refractivity contribution in [2.75, 3.05) is 18.0 Å². The summed E-state index contributed by atoms with van der Waals surface area (Å²) in [5, 5.41) is 1.07. The Kier molecular flexibility index (Phi) is 3.03. The summed E-state index contributed by atoms with van der Waals surface area (Å²) in [6.45, 7) is 8.59. The van der Waals surface area contributed by atoms with Crippen LogP contribution in [-0.2, 0) is 5.41 Å². The molecule has 2 rings (SSSR count). The maximum atomic E-state index is 4.61. The Hall–Kier alpha value is -0.160. The monoisotopic (exact) mass is 289 g/mol. The molecule has 1 atom stereocenters. The van der Waals surface area contributed by atoms with E-state index in [9.17, 15) is 0 Å². The summed E-state index contributed by atoms with van der Waals surface area (Å²) in [6.07, 6.45) is 1.20. The molecule has 0 N–H and O–H groups in total. The van der Waals surface area contributed by atoms with E-state index in [0.717, 1.165) is 24.0 Å². The number of anilines is 1. The Morgan fingerprint density at radius 2 is 2.20 bits per heavy atom. The normalized spacial score (nSPS) is 22.4. The SMILES string of the molecule is CC(C)(C)c1nsc(N2CCC(Br)C2)n1. The van der Waals surface area contributed by atoms with Crippen LogP contribution in [0.25, 0.3) is 0 Å². The summed E-state index contributed by atoms with van der Waals surface area (Å²) in [7, 11) is 0. The second-order valence-electron chi connectivity index (χ2n) is 4.98. The maximum absolute atomic E-state index is 4.61. The minimum Gasteiger partial charge on any atom is -0.346 e. The van der Waals surface area contributed by atoms with E-state index in [0.29, 0.717) is 4.83 Å². The highest BCUT2D eigenvalue weighted by Crippen LogP contribution is 2.28. The Labute approximate surface area is 103 Å². The summed E-state index contributed by atoms with van der Waals surface area (Å²) in [5.41, 5.74) is 0.0578. The molecule has 2 heterocycles. The summed E-state index contributed by atoms with van der Waals surface area (Å²) in [4.78, 5) is 7.53. The largest absolute Gasteiger partial charge is 0.346 e. The molecule has 0 spiro atoms. The van der Waals surface area contributed by atoms with E-state index < -0.39 is 0 Å². The van der Waals surface area contributed by atoms with Gasteiger partial charge in [-0.25, -0.2) is 4.98 Å². The zero-order valence-electron chi connectivity index (χ0n) is 9.33. The molecule has 5 heteroatoms. The van der Waals surface area contributed by atoms with E-state index in [4.69, 9.17) is 0 Å². The fourth-order valence-corrected chi connectivity index (χ4v) is 2.99. The predicted molar refractivity (Wildman–Crippen MR) is 68.2 cm³/mol. The number of nitrogens with zero attached hydrogens (tertiary/aromatic N) is 3. The average molecular weight is 290 g/mol. The van der Waals surface area contributed by atoms with Gasteiger partial charge in [0.15, 0.2) is 0 Å². The molecule has 1 aromatic rings. The highest BCUT2D eigenvalue weighted by Gasteiger charge is 2.25. The third-order valence-corrected chi connectivity index (χ3v) is 4.01. The smallest absolute Gasteiger partial charge is 0.205 e. The minimum atomic E-state index is 0.0578. The summed E-state index contributed by atoms with van der Waals surface area (Å²) in [6, 6.07) is 0. The van der Waals surface area contributed by atoms with E-state index in [2.05, 4.69) is 51.0 Å². The topological polar surface area (TPSA) is 29.0 Å². The molecule has 1 aromatic heterocycles. The summed E-state index contributed by atoms with van der Waals surface area (Å²) >= 11 is 5.16. The van der Waals surface area contributed by atoms with Gasteiger partial charge in [0, 0.05) is 34.9 Å². The van der Waals surface area contributed by atoms with Gasteiger partial charge in [-0.2, -0.15) is 4.37 Å². The molecular formula is C10H16BrN3S. The van der Waals surface area contributed by atoms with Crippen LogP contribution < -0.4 is 4.90 Å². The van der Waals surface area contributed by atoms with Gasteiger partial charge >= 0.3 is 0 Å². The average Bonchev–Trinajstić information content (AvgIpc) is 2.69. The lowest BCUT2D eigenvalue weighted by Crippen LogP contribution is -2.20. The van der Waals surface area contributed by atoms with Crippen molar-refractivity contribution in [3.05, 3.63) is 5.82 Å². The van der Waals surface area contributed by atoms with Gasteiger partial charge in [-0.3, -0.25) is 0 Å². The number of rotatable bonds is 1. The van der Waals surface area contributed by atoms with Gasteiger partial charge in [0.05, 0.1) is 0 Å². The number of hydrogen-bond acceptors (Lipinski definition) is 4.